The van der Waals surface area contributed by atoms with Crippen LogP contribution in [0.5, 0.6) is 0 Å². The molecular formula is C10H22N2O. The van der Waals surface area contributed by atoms with Crippen LogP contribution in [0.3, 0.4) is 0 Å². The number of nitrogens with two attached hydrogens (primary N) is 1. The Labute approximate surface area is 80.9 Å². The van der Waals surface area contributed by atoms with E-state index in [-0.39, 0.29) is 11.6 Å². The number of hydrogen-bond donors (Lipinski definition) is 2. The van der Waals surface area contributed by atoms with E-state index in [9.17, 15) is 5.11 Å². The van der Waals surface area contributed by atoms with E-state index in [2.05, 4.69) is 25.7 Å². The molecule has 1 rings (SSSR count). The minimum absolute atomic E-state index is 0.0235. The summed E-state index contributed by atoms with van der Waals surface area (Å²) in [7, 11) is 0. The molecule has 1 aliphatic heterocycles. The van der Waals surface area contributed by atoms with Crippen molar-refractivity contribution in [3.05, 3.63) is 0 Å². The molecule has 3 nitrogen and oxygen atoms in total. The normalized spacial score (nSPS) is 32.1. The van der Waals surface area contributed by atoms with Gasteiger partial charge in [-0.15, -0.1) is 0 Å². The van der Waals surface area contributed by atoms with Crippen LogP contribution >= 0.6 is 0 Å². The third-order valence-corrected chi connectivity index (χ3v) is 2.99. The zero-order valence-corrected chi connectivity index (χ0v) is 8.95. The Morgan fingerprint density at radius 2 is 2.08 bits per heavy atom. The van der Waals surface area contributed by atoms with Gasteiger partial charge in [-0.1, -0.05) is 6.92 Å². The molecule has 0 aliphatic carbocycles. The van der Waals surface area contributed by atoms with Crippen LogP contribution < -0.4 is 5.73 Å². The Bertz CT molecular complexity index is 160. The van der Waals surface area contributed by atoms with Crippen molar-refractivity contribution < 1.29 is 5.11 Å². The summed E-state index contributed by atoms with van der Waals surface area (Å²) in [6.45, 7) is 8.93. The van der Waals surface area contributed by atoms with Crippen LogP contribution in [-0.2, 0) is 0 Å². The van der Waals surface area contributed by atoms with Gasteiger partial charge < -0.3 is 10.8 Å². The summed E-state index contributed by atoms with van der Waals surface area (Å²) in [5.74, 6) is 0.578. The highest BCUT2D eigenvalue weighted by atomic mass is 16.3. The first-order chi connectivity index (χ1) is 5.95. The third-order valence-electron chi connectivity index (χ3n) is 2.99. The molecule has 0 aromatic carbocycles. The third kappa shape index (κ3) is 2.66. The molecule has 0 spiro atoms. The van der Waals surface area contributed by atoms with Crippen molar-refractivity contribution in [2.45, 2.75) is 38.8 Å². The maximum absolute atomic E-state index is 9.63. The van der Waals surface area contributed by atoms with Crippen molar-refractivity contribution in [2.24, 2.45) is 11.7 Å². The smallest absolute Gasteiger partial charge is 0.0670 e. The number of rotatable bonds is 2. The number of likely N-dealkylation sites (tertiary alicyclic amines) is 1. The number of nitrogens with zero attached hydrogens (tertiary/aromatic N) is 1. The number of hydrogen-bond acceptors (Lipinski definition) is 3. The van der Waals surface area contributed by atoms with Crippen LogP contribution in [-0.4, -0.2) is 41.3 Å². The second-order valence-electron chi connectivity index (χ2n) is 4.92. The van der Waals surface area contributed by atoms with E-state index in [1.807, 2.05) is 0 Å². The van der Waals surface area contributed by atoms with E-state index < -0.39 is 0 Å². The fourth-order valence-electron chi connectivity index (χ4n) is 1.94. The van der Waals surface area contributed by atoms with Gasteiger partial charge in [0.25, 0.3) is 0 Å². The number of aliphatic hydroxyl groups excluding tert-OH is 1. The van der Waals surface area contributed by atoms with Gasteiger partial charge in [0.1, 0.15) is 0 Å². The van der Waals surface area contributed by atoms with Gasteiger partial charge in [-0.2, -0.15) is 0 Å². The molecule has 0 aromatic heterocycles. The lowest BCUT2D eigenvalue weighted by Gasteiger charge is -2.44. The van der Waals surface area contributed by atoms with Gasteiger partial charge in [-0.25, -0.2) is 0 Å². The Morgan fingerprint density at radius 1 is 1.46 bits per heavy atom. The van der Waals surface area contributed by atoms with Crippen LogP contribution in [0.25, 0.3) is 0 Å². The second kappa shape index (κ2) is 3.95. The predicted octanol–water partition coefficient (Wildman–Crippen LogP) is 0.426. The molecule has 78 valence electrons. The zero-order chi connectivity index (χ0) is 10.1. The minimum Gasteiger partial charge on any atom is -0.392 e. The maximum Gasteiger partial charge on any atom is 0.0670 e. The molecule has 13 heavy (non-hydrogen) atoms. The summed E-state index contributed by atoms with van der Waals surface area (Å²) in [4.78, 5) is 2.30. The highest BCUT2D eigenvalue weighted by Gasteiger charge is 2.32. The predicted molar refractivity (Wildman–Crippen MR) is 54.5 cm³/mol. The van der Waals surface area contributed by atoms with Gasteiger partial charge in [0.2, 0.25) is 0 Å². The van der Waals surface area contributed by atoms with Gasteiger partial charge >= 0.3 is 0 Å². The molecule has 0 aromatic rings. The second-order valence-corrected chi connectivity index (χ2v) is 4.92. The van der Waals surface area contributed by atoms with E-state index in [0.717, 1.165) is 19.5 Å². The van der Waals surface area contributed by atoms with Crippen LogP contribution in [0.1, 0.15) is 27.2 Å². The quantitative estimate of drug-likeness (QED) is 0.657. The fraction of sp³-hybridized carbons (Fsp3) is 1.00. The zero-order valence-electron chi connectivity index (χ0n) is 8.95. The molecule has 0 saturated carbocycles. The molecule has 0 unspecified atom stereocenters. The summed E-state index contributed by atoms with van der Waals surface area (Å²) in [6.07, 6.45) is 0.756. The van der Waals surface area contributed by atoms with E-state index >= 15 is 0 Å². The monoisotopic (exact) mass is 186 g/mol. The maximum atomic E-state index is 9.63. The van der Waals surface area contributed by atoms with Gasteiger partial charge in [-0.05, 0) is 26.2 Å². The largest absolute Gasteiger partial charge is 0.392 e. The van der Waals surface area contributed by atoms with Gasteiger partial charge in [0.05, 0.1) is 6.10 Å². The average molecular weight is 186 g/mol. The van der Waals surface area contributed by atoms with E-state index in [1.165, 1.54) is 0 Å². The first kappa shape index (κ1) is 11.0. The van der Waals surface area contributed by atoms with Crippen LogP contribution in [0.15, 0.2) is 0 Å². The standard InChI is InChI=1S/C10H22N2O/c1-8-4-9(13)6-12(5-8)10(2,3)7-11/h8-9,13H,4-7,11H2,1-3H3/t8-,9+/m1/s1. The van der Waals surface area contributed by atoms with Crippen LogP contribution in [0.4, 0.5) is 0 Å². The van der Waals surface area contributed by atoms with Gasteiger partial charge in [0, 0.05) is 25.2 Å². The number of aliphatic hydroxyl groups is 1. The molecule has 1 aliphatic rings. The lowest BCUT2D eigenvalue weighted by Crippen LogP contribution is -2.56. The Kier molecular flexibility index (Phi) is 3.33. The van der Waals surface area contributed by atoms with Crippen molar-refractivity contribution in [2.75, 3.05) is 19.6 Å². The molecule has 3 N–H and O–H groups in total. The van der Waals surface area contributed by atoms with Crippen LogP contribution in [0.2, 0.25) is 0 Å². The van der Waals surface area contributed by atoms with Crippen molar-refractivity contribution in [3.8, 4) is 0 Å². The molecule has 1 fully saturated rings. The topological polar surface area (TPSA) is 49.5 Å². The van der Waals surface area contributed by atoms with E-state index in [1.54, 1.807) is 0 Å². The Morgan fingerprint density at radius 3 is 2.54 bits per heavy atom. The molecule has 0 bridgehead atoms. The summed E-state index contributed by atoms with van der Waals surface area (Å²) in [6, 6.07) is 0. The molecule has 2 atom stereocenters. The summed E-state index contributed by atoms with van der Waals surface area (Å²) in [5.41, 5.74) is 5.73. The van der Waals surface area contributed by atoms with Gasteiger partial charge in [-0.3, -0.25) is 4.90 Å². The number of β-amino-alcohol motifs (C(OH)–C–C–N with tert-alkyl or cyclic N) is 1. The summed E-state index contributed by atoms with van der Waals surface area (Å²) >= 11 is 0. The summed E-state index contributed by atoms with van der Waals surface area (Å²) < 4.78 is 0. The lowest BCUT2D eigenvalue weighted by molar-refractivity contribution is -0.00362. The van der Waals surface area contributed by atoms with Crippen molar-refractivity contribution in [1.82, 2.24) is 4.90 Å². The molecule has 1 heterocycles. The SMILES string of the molecule is C[C@@H]1C[C@H](O)CN(C(C)(C)CN)C1. The Balaban J connectivity index is 2.59. The highest BCUT2D eigenvalue weighted by molar-refractivity contribution is 4.88. The molecule has 1 saturated heterocycles. The fourth-order valence-corrected chi connectivity index (χ4v) is 1.94. The average Bonchev–Trinajstić information content (AvgIpc) is 2.02. The summed E-state index contributed by atoms with van der Waals surface area (Å²) in [5, 5.41) is 9.63. The van der Waals surface area contributed by atoms with Crippen LogP contribution in [0, 0.1) is 5.92 Å². The minimum atomic E-state index is -0.172. The van der Waals surface area contributed by atoms with Gasteiger partial charge in [0.15, 0.2) is 0 Å². The van der Waals surface area contributed by atoms with Crippen molar-refractivity contribution in [1.29, 1.82) is 0 Å². The first-order valence-electron chi connectivity index (χ1n) is 5.09. The Hall–Kier alpha value is -0.120. The van der Waals surface area contributed by atoms with E-state index in [0.29, 0.717) is 12.5 Å². The highest BCUT2D eigenvalue weighted by Crippen LogP contribution is 2.23. The van der Waals surface area contributed by atoms with Crippen molar-refractivity contribution >= 4 is 0 Å². The molecule has 3 heteroatoms. The first-order valence-corrected chi connectivity index (χ1v) is 5.09. The van der Waals surface area contributed by atoms with Crippen molar-refractivity contribution in [3.63, 3.8) is 0 Å². The number of piperidine rings is 1. The lowest BCUT2D eigenvalue weighted by atomic mass is 9.92. The molecular weight excluding hydrogens is 164 g/mol. The molecule has 0 radical (unpaired) electrons. The molecule has 0 amide bonds. The van der Waals surface area contributed by atoms with E-state index in [4.69, 9.17) is 5.73 Å².